The van der Waals surface area contributed by atoms with Crippen LogP contribution in [0.3, 0.4) is 0 Å². The van der Waals surface area contributed by atoms with Crippen LogP contribution in [0.25, 0.3) is 0 Å². The minimum absolute atomic E-state index is 0.110. The number of ether oxygens (including phenoxy) is 1. The molecule has 1 heterocycles. The molecule has 2 rings (SSSR count). The van der Waals surface area contributed by atoms with Crippen LogP contribution in [0.5, 0.6) is 5.75 Å². The number of hydrogen-bond donors (Lipinski definition) is 2. The van der Waals surface area contributed by atoms with Crippen LogP contribution in [0.1, 0.15) is 26.2 Å². The summed E-state index contributed by atoms with van der Waals surface area (Å²) in [6.07, 6.45) is 2.12. The predicted octanol–water partition coefficient (Wildman–Crippen LogP) is 2.22. The molecule has 1 aliphatic heterocycles. The number of likely N-dealkylation sites (tertiary alicyclic amines) is 1. The monoisotopic (exact) mass is 305 g/mol. The Labute approximate surface area is 130 Å². The molecule has 6 heteroatoms. The maximum atomic E-state index is 12.0. The van der Waals surface area contributed by atoms with Gasteiger partial charge in [-0.1, -0.05) is 6.92 Å². The molecule has 0 spiro atoms. The minimum Gasteiger partial charge on any atom is -0.497 e. The van der Waals surface area contributed by atoms with Crippen LogP contribution in [-0.2, 0) is 4.79 Å². The molecule has 1 aromatic rings. The molecule has 0 unspecified atom stereocenters. The van der Waals surface area contributed by atoms with Gasteiger partial charge in [0.15, 0.2) is 0 Å². The third-order valence-corrected chi connectivity index (χ3v) is 3.83. The van der Waals surface area contributed by atoms with Crippen molar-refractivity contribution in [2.45, 2.75) is 32.2 Å². The molecule has 0 atom stereocenters. The normalized spacial score (nSPS) is 15.3. The summed E-state index contributed by atoms with van der Waals surface area (Å²) in [6.45, 7) is 3.29. The minimum atomic E-state index is -0.217. The molecule has 1 fully saturated rings. The van der Waals surface area contributed by atoms with Crippen molar-refractivity contribution in [2.75, 3.05) is 25.5 Å². The lowest BCUT2D eigenvalue weighted by Gasteiger charge is -2.32. The SMILES string of the molecule is CCC(=O)N1CCC(NC(=O)Nc2ccc(OC)cc2)CC1. The number of hydrogen-bond acceptors (Lipinski definition) is 3. The number of urea groups is 1. The summed E-state index contributed by atoms with van der Waals surface area (Å²) in [5.41, 5.74) is 0.719. The van der Waals surface area contributed by atoms with Crippen molar-refractivity contribution in [3.8, 4) is 5.75 Å². The van der Waals surface area contributed by atoms with Crippen LogP contribution in [0.2, 0.25) is 0 Å². The number of carbonyl (C=O) groups is 2. The first-order valence-electron chi connectivity index (χ1n) is 7.61. The van der Waals surface area contributed by atoms with Gasteiger partial charge in [-0.05, 0) is 37.1 Å². The molecule has 120 valence electrons. The van der Waals surface area contributed by atoms with Gasteiger partial charge in [-0.3, -0.25) is 4.79 Å². The number of rotatable bonds is 4. The van der Waals surface area contributed by atoms with Gasteiger partial charge in [0, 0.05) is 31.2 Å². The first kappa shape index (κ1) is 16.1. The quantitative estimate of drug-likeness (QED) is 0.896. The summed E-state index contributed by atoms with van der Waals surface area (Å²) in [4.78, 5) is 25.4. The zero-order valence-electron chi connectivity index (χ0n) is 13.1. The highest BCUT2D eigenvalue weighted by atomic mass is 16.5. The molecular formula is C16H23N3O3. The Balaban J connectivity index is 1.77. The fraction of sp³-hybridized carbons (Fsp3) is 0.500. The van der Waals surface area contributed by atoms with Crippen LogP contribution >= 0.6 is 0 Å². The Morgan fingerprint density at radius 1 is 1.23 bits per heavy atom. The average Bonchev–Trinajstić information content (AvgIpc) is 2.55. The first-order valence-corrected chi connectivity index (χ1v) is 7.61. The van der Waals surface area contributed by atoms with E-state index in [0.29, 0.717) is 19.5 Å². The number of methoxy groups -OCH3 is 1. The molecule has 1 aromatic carbocycles. The highest BCUT2D eigenvalue weighted by Gasteiger charge is 2.22. The van der Waals surface area contributed by atoms with Crippen molar-refractivity contribution in [2.24, 2.45) is 0 Å². The number of carbonyl (C=O) groups excluding carboxylic acids is 2. The van der Waals surface area contributed by atoms with Crippen LogP contribution < -0.4 is 15.4 Å². The molecular weight excluding hydrogens is 282 g/mol. The van der Waals surface area contributed by atoms with Crippen LogP contribution in [-0.4, -0.2) is 43.1 Å². The molecule has 0 aliphatic carbocycles. The second-order valence-corrected chi connectivity index (χ2v) is 5.34. The van der Waals surface area contributed by atoms with Crippen molar-refractivity contribution in [1.82, 2.24) is 10.2 Å². The van der Waals surface area contributed by atoms with Gasteiger partial charge in [-0.15, -0.1) is 0 Å². The van der Waals surface area contributed by atoms with Gasteiger partial charge in [-0.25, -0.2) is 4.79 Å². The number of amides is 3. The summed E-state index contributed by atoms with van der Waals surface area (Å²) in [5.74, 6) is 0.931. The molecule has 3 amide bonds. The molecule has 6 nitrogen and oxygen atoms in total. The maximum Gasteiger partial charge on any atom is 0.319 e. The van der Waals surface area contributed by atoms with Gasteiger partial charge >= 0.3 is 6.03 Å². The molecule has 1 saturated heterocycles. The van der Waals surface area contributed by atoms with E-state index >= 15 is 0 Å². The van der Waals surface area contributed by atoms with E-state index in [4.69, 9.17) is 4.74 Å². The largest absolute Gasteiger partial charge is 0.497 e. The first-order chi connectivity index (χ1) is 10.6. The van der Waals surface area contributed by atoms with E-state index in [1.165, 1.54) is 0 Å². The molecule has 22 heavy (non-hydrogen) atoms. The van der Waals surface area contributed by atoms with Crippen molar-refractivity contribution in [3.05, 3.63) is 24.3 Å². The summed E-state index contributed by atoms with van der Waals surface area (Å²) < 4.78 is 5.07. The third kappa shape index (κ3) is 4.38. The Morgan fingerprint density at radius 2 is 1.86 bits per heavy atom. The fourth-order valence-electron chi connectivity index (χ4n) is 2.52. The summed E-state index contributed by atoms with van der Waals surface area (Å²) in [5, 5.41) is 5.75. The van der Waals surface area contributed by atoms with Gasteiger partial charge in [0.05, 0.1) is 7.11 Å². The second-order valence-electron chi connectivity index (χ2n) is 5.34. The Morgan fingerprint density at radius 3 is 2.41 bits per heavy atom. The second kappa shape index (κ2) is 7.68. The zero-order valence-corrected chi connectivity index (χ0v) is 13.1. The van der Waals surface area contributed by atoms with E-state index in [1.807, 2.05) is 11.8 Å². The van der Waals surface area contributed by atoms with E-state index in [9.17, 15) is 9.59 Å². The number of nitrogens with zero attached hydrogens (tertiary/aromatic N) is 1. The van der Waals surface area contributed by atoms with E-state index < -0.39 is 0 Å². The van der Waals surface area contributed by atoms with Crippen molar-refractivity contribution < 1.29 is 14.3 Å². The van der Waals surface area contributed by atoms with Crippen LogP contribution in [0.15, 0.2) is 24.3 Å². The van der Waals surface area contributed by atoms with Gasteiger partial charge in [0.2, 0.25) is 5.91 Å². The van der Waals surface area contributed by atoms with Crippen molar-refractivity contribution in [1.29, 1.82) is 0 Å². The Kier molecular flexibility index (Phi) is 5.63. The third-order valence-electron chi connectivity index (χ3n) is 3.83. The lowest BCUT2D eigenvalue weighted by Crippen LogP contribution is -2.47. The van der Waals surface area contributed by atoms with Crippen molar-refractivity contribution in [3.63, 3.8) is 0 Å². The topological polar surface area (TPSA) is 70.7 Å². The van der Waals surface area contributed by atoms with Crippen molar-refractivity contribution >= 4 is 17.6 Å². The Bertz CT molecular complexity index is 508. The molecule has 0 aromatic heterocycles. The summed E-state index contributed by atoms with van der Waals surface area (Å²) >= 11 is 0. The predicted molar refractivity (Wildman–Crippen MR) is 85.0 cm³/mol. The summed E-state index contributed by atoms with van der Waals surface area (Å²) in [6, 6.07) is 7.07. The average molecular weight is 305 g/mol. The van der Waals surface area contributed by atoms with E-state index in [0.717, 1.165) is 24.3 Å². The number of piperidine rings is 1. The maximum absolute atomic E-state index is 12.0. The smallest absolute Gasteiger partial charge is 0.319 e. The van der Waals surface area contributed by atoms with Crippen LogP contribution in [0.4, 0.5) is 10.5 Å². The molecule has 2 N–H and O–H groups in total. The van der Waals surface area contributed by atoms with E-state index in [2.05, 4.69) is 10.6 Å². The zero-order chi connectivity index (χ0) is 15.9. The number of anilines is 1. The number of benzene rings is 1. The van der Waals surface area contributed by atoms with Gasteiger partial charge in [0.1, 0.15) is 5.75 Å². The van der Waals surface area contributed by atoms with E-state index in [1.54, 1.807) is 31.4 Å². The fourth-order valence-corrected chi connectivity index (χ4v) is 2.52. The molecule has 0 bridgehead atoms. The molecule has 1 aliphatic rings. The lowest BCUT2D eigenvalue weighted by atomic mass is 10.1. The Hall–Kier alpha value is -2.24. The highest BCUT2D eigenvalue weighted by Crippen LogP contribution is 2.15. The highest BCUT2D eigenvalue weighted by molar-refractivity contribution is 5.89. The molecule has 0 radical (unpaired) electrons. The standard InChI is InChI=1S/C16H23N3O3/c1-3-15(20)19-10-8-13(9-11-19)18-16(21)17-12-4-6-14(22-2)7-5-12/h4-7,13H,3,8-11H2,1-2H3,(H2,17,18,21). The van der Waals surface area contributed by atoms with Crippen LogP contribution in [0, 0.1) is 0 Å². The van der Waals surface area contributed by atoms with Gasteiger partial charge < -0.3 is 20.3 Å². The summed E-state index contributed by atoms with van der Waals surface area (Å²) in [7, 11) is 1.60. The van der Waals surface area contributed by atoms with Gasteiger partial charge in [0.25, 0.3) is 0 Å². The number of nitrogens with one attached hydrogen (secondary N) is 2. The molecule has 0 saturated carbocycles. The van der Waals surface area contributed by atoms with E-state index in [-0.39, 0.29) is 18.0 Å². The lowest BCUT2D eigenvalue weighted by molar-refractivity contribution is -0.131. The van der Waals surface area contributed by atoms with Gasteiger partial charge in [-0.2, -0.15) is 0 Å².